The van der Waals surface area contributed by atoms with E-state index in [0.29, 0.717) is 36.7 Å². The zero-order chi connectivity index (χ0) is 24.7. The summed E-state index contributed by atoms with van der Waals surface area (Å²) in [6, 6.07) is 23.3. The van der Waals surface area contributed by atoms with Crippen LogP contribution in [0.3, 0.4) is 0 Å². The zero-order valence-electron chi connectivity index (χ0n) is 19.6. The summed E-state index contributed by atoms with van der Waals surface area (Å²) in [5.41, 5.74) is 0.867. The number of aliphatic imine (C=N–C) groups is 1. The highest BCUT2D eigenvalue weighted by Crippen LogP contribution is 2.33. The molecule has 1 heterocycles. The van der Waals surface area contributed by atoms with Gasteiger partial charge < -0.3 is 19.9 Å². The van der Waals surface area contributed by atoms with Crippen LogP contribution in [0, 0.1) is 5.82 Å². The van der Waals surface area contributed by atoms with Crippen LogP contribution >= 0.6 is 0 Å². The molecule has 0 saturated carbocycles. The third kappa shape index (κ3) is 5.69. The van der Waals surface area contributed by atoms with Crippen LogP contribution in [0.25, 0.3) is 0 Å². The van der Waals surface area contributed by atoms with Crippen molar-refractivity contribution >= 4 is 11.8 Å². The van der Waals surface area contributed by atoms with Crippen LogP contribution in [0.5, 0.6) is 5.75 Å². The van der Waals surface area contributed by atoms with E-state index in [-0.39, 0.29) is 24.9 Å². The summed E-state index contributed by atoms with van der Waals surface area (Å²) in [6.07, 6.45) is 0.349. The molecule has 0 saturated heterocycles. The van der Waals surface area contributed by atoms with E-state index in [2.05, 4.69) is 5.32 Å². The molecule has 2 atom stereocenters. The number of amides is 1. The molecule has 3 aromatic carbocycles. The van der Waals surface area contributed by atoms with Crippen LogP contribution in [-0.4, -0.2) is 41.8 Å². The second-order valence-electron chi connectivity index (χ2n) is 8.49. The van der Waals surface area contributed by atoms with Gasteiger partial charge in [-0.05, 0) is 42.8 Å². The fourth-order valence-corrected chi connectivity index (χ4v) is 4.02. The summed E-state index contributed by atoms with van der Waals surface area (Å²) in [4.78, 5) is 18.4. The summed E-state index contributed by atoms with van der Waals surface area (Å²) in [5.74, 6) is 0.352. The second-order valence-corrected chi connectivity index (χ2v) is 8.49. The van der Waals surface area contributed by atoms with E-state index in [1.807, 2.05) is 49.4 Å². The standard InChI is InChI=1S/C28H29FN2O4/c1-20-28(18-21-8-3-2-4-9-21,27(33)30-19-23-10-5-6-11-25(23)29)31-26(35-20)22-12-14-24(15-13-22)34-17-7-16-32/h2-6,8-15,20,32H,7,16-19H2,1H3,(H,30,33)/t20-,28-/m1/s1. The van der Waals surface area contributed by atoms with Gasteiger partial charge in [-0.1, -0.05) is 48.5 Å². The lowest BCUT2D eigenvalue weighted by Gasteiger charge is -2.28. The van der Waals surface area contributed by atoms with Gasteiger partial charge in [0.05, 0.1) is 6.61 Å². The Labute approximate surface area is 204 Å². The molecule has 182 valence electrons. The van der Waals surface area contributed by atoms with Gasteiger partial charge in [-0.2, -0.15) is 0 Å². The molecule has 0 bridgehead atoms. The molecule has 7 heteroatoms. The average molecular weight is 477 g/mol. The minimum Gasteiger partial charge on any atom is -0.494 e. The molecule has 2 N–H and O–H groups in total. The highest BCUT2D eigenvalue weighted by atomic mass is 19.1. The van der Waals surface area contributed by atoms with Gasteiger partial charge in [-0.15, -0.1) is 0 Å². The van der Waals surface area contributed by atoms with Crippen molar-refractivity contribution in [2.24, 2.45) is 4.99 Å². The first-order valence-electron chi connectivity index (χ1n) is 11.7. The molecule has 4 rings (SSSR count). The van der Waals surface area contributed by atoms with Gasteiger partial charge in [0.1, 0.15) is 17.7 Å². The molecule has 0 aromatic heterocycles. The molecule has 0 spiro atoms. The Balaban J connectivity index is 1.59. The summed E-state index contributed by atoms with van der Waals surface area (Å²) < 4.78 is 25.8. The van der Waals surface area contributed by atoms with E-state index in [4.69, 9.17) is 19.6 Å². The second kappa shape index (κ2) is 11.1. The van der Waals surface area contributed by atoms with E-state index in [9.17, 15) is 9.18 Å². The number of ether oxygens (including phenoxy) is 2. The van der Waals surface area contributed by atoms with Crippen molar-refractivity contribution in [2.75, 3.05) is 13.2 Å². The fourth-order valence-electron chi connectivity index (χ4n) is 4.02. The number of aliphatic hydroxyl groups is 1. The molecule has 0 unspecified atom stereocenters. The van der Waals surface area contributed by atoms with Crippen molar-refractivity contribution in [3.8, 4) is 5.75 Å². The molecule has 0 aliphatic carbocycles. The third-order valence-corrected chi connectivity index (χ3v) is 6.04. The van der Waals surface area contributed by atoms with Crippen LogP contribution in [0.15, 0.2) is 83.9 Å². The maximum Gasteiger partial charge on any atom is 0.252 e. The molecule has 1 aliphatic heterocycles. The number of carbonyl (C=O) groups is 1. The van der Waals surface area contributed by atoms with Crippen molar-refractivity contribution in [1.82, 2.24) is 5.32 Å². The normalized spacial score (nSPS) is 19.1. The monoisotopic (exact) mass is 476 g/mol. The van der Waals surface area contributed by atoms with Gasteiger partial charge in [-0.25, -0.2) is 9.38 Å². The predicted octanol–water partition coefficient (Wildman–Crippen LogP) is 4.05. The molecule has 6 nitrogen and oxygen atoms in total. The lowest BCUT2D eigenvalue weighted by Crippen LogP contribution is -2.52. The first-order chi connectivity index (χ1) is 17.0. The highest BCUT2D eigenvalue weighted by molar-refractivity contribution is 6.00. The molecule has 1 amide bonds. The van der Waals surface area contributed by atoms with Crippen molar-refractivity contribution in [3.05, 3.63) is 101 Å². The Bertz CT molecular complexity index is 1170. The van der Waals surface area contributed by atoms with Crippen molar-refractivity contribution in [1.29, 1.82) is 0 Å². The molecular weight excluding hydrogens is 447 g/mol. The van der Waals surface area contributed by atoms with Crippen molar-refractivity contribution < 1.29 is 23.8 Å². The Morgan fingerprint density at radius 3 is 2.51 bits per heavy atom. The van der Waals surface area contributed by atoms with Gasteiger partial charge in [0.25, 0.3) is 5.91 Å². The van der Waals surface area contributed by atoms with Gasteiger partial charge in [0.2, 0.25) is 5.90 Å². The predicted molar refractivity (Wildman–Crippen MR) is 132 cm³/mol. The lowest BCUT2D eigenvalue weighted by atomic mass is 9.86. The molecule has 0 fully saturated rings. The van der Waals surface area contributed by atoms with E-state index >= 15 is 0 Å². The quantitative estimate of drug-likeness (QED) is 0.433. The Morgan fingerprint density at radius 1 is 1.09 bits per heavy atom. The van der Waals surface area contributed by atoms with Crippen molar-refractivity contribution in [2.45, 2.75) is 38.0 Å². The SMILES string of the molecule is C[C@H]1OC(c2ccc(OCCCO)cc2)=N[C@@]1(Cc1ccccc1)C(=O)NCc1ccccc1F. The number of aliphatic hydroxyl groups excluding tert-OH is 1. The van der Waals surface area contributed by atoms with E-state index in [1.54, 1.807) is 30.3 Å². The summed E-state index contributed by atoms with van der Waals surface area (Å²) in [7, 11) is 0. The zero-order valence-corrected chi connectivity index (χ0v) is 19.6. The van der Waals surface area contributed by atoms with Crippen LogP contribution in [0.4, 0.5) is 4.39 Å². The lowest BCUT2D eigenvalue weighted by molar-refractivity contribution is -0.128. The first-order valence-corrected chi connectivity index (χ1v) is 11.7. The Kier molecular flexibility index (Phi) is 7.77. The molecule has 3 aromatic rings. The minimum atomic E-state index is -1.21. The number of hydrogen-bond acceptors (Lipinski definition) is 5. The van der Waals surface area contributed by atoms with Crippen molar-refractivity contribution in [3.63, 3.8) is 0 Å². The topological polar surface area (TPSA) is 80.2 Å². The molecule has 35 heavy (non-hydrogen) atoms. The van der Waals surface area contributed by atoms with E-state index < -0.39 is 11.6 Å². The van der Waals surface area contributed by atoms with Gasteiger partial charge in [0.15, 0.2) is 5.54 Å². The molecule has 0 radical (unpaired) electrons. The van der Waals surface area contributed by atoms with Crippen LogP contribution in [0.2, 0.25) is 0 Å². The van der Waals surface area contributed by atoms with Crippen LogP contribution in [0.1, 0.15) is 30.0 Å². The average Bonchev–Trinajstić information content (AvgIpc) is 3.21. The number of nitrogens with one attached hydrogen (secondary N) is 1. The summed E-state index contributed by atoms with van der Waals surface area (Å²) in [6.45, 7) is 2.38. The van der Waals surface area contributed by atoms with Gasteiger partial charge >= 0.3 is 0 Å². The van der Waals surface area contributed by atoms with Gasteiger partial charge in [-0.3, -0.25) is 4.79 Å². The third-order valence-electron chi connectivity index (χ3n) is 6.04. The summed E-state index contributed by atoms with van der Waals surface area (Å²) >= 11 is 0. The first kappa shape index (κ1) is 24.4. The molecular formula is C28H29FN2O4. The minimum absolute atomic E-state index is 0.0551. The maximum absolute atomic E-state index is 14.1. The molecule has 1 aliphatic rings. The fraction of sp³-hybridized carbons (Fsp3) is 0.286. The largest absolute Gasteiger partial charge is 0.494 e. The van der Waals surface area contributed by atoms with E-state index in [1.165, 1.54) is 6.07 Å². The smallest absolute Gasteiger partial charge is 0.252 e. The Morgan fingerprint density at radius 2 is 1.80 bits per heavy atom. The number of carbonyl (C=O) groups excluding carboxylic acids is 1. The number of hydrogen-bond donors (Lipinski definition) is 2. The highest BCUT2D eigenvalue weighted by Gasteiger charge is 2.50. The number of benzene rings is 3. The Hall–Kier alpha value is -3.71. The number of halogens is 1. The number of nitrogens with zero attached hydrogens (tertiary/aromatic N) is 1. The van der Waals surface area contributed by atoms with Gasteiger partial charge in [0, 0.05) is 37.1 Å². The maximum atomic E-state index is 14.1. The van der Waals surface area contributed by atoms with E-state index in [0.717, 1.165) is 11.1 Å². The number of rotatable bonds is 10. The summed E-state index contributed by atoms with van der Waals surface area (Å²) in [5, 5.41) is 11.8. The van der Waals surface area contributed by atoms with Crippen LogP contribution in [-0.2, 0) is 22.5 Å². The van der Waals surface area contributed by atoms with Crippen LogP contribution < -0.4 is 10.1 Å².